The van der Waals surface area contributed by atoms with Crippen LogP contribution >= 0.6 is 0 Å². The number of aryl methyl sites for hydroxylation is 3. The molecule has 0 saturated carbocycles. The average molecular weight is 264 g/mol. The van der Waals surface area contributed by atoms with Crippen LogP contribution < -0.4 is 5.32 Å². The number of nitriles is 1. The van der Waals surface area contributed by atoms with E-state index in [1.54, 1.807) is 12.1 Å². The fraction of sp³-hybridized carbons (Fsp3) is 0.176. The number of hydrogen-bond acceptors (Lipinski definition) is 2. The van der Waals surface area contributed by atoms with Crippen molar-refractivity contribution in [2.75, 3.05) is 5.32 Å². The molecule has 1 amide bonds. The van der Waals surface area contributed by atoms with E-state index in [2.05, 4.69) is 11.4 Å². The van der Waals surface area contributed by atoms with Crippen LogP contribution in [-0.2, 0) is 0 Å². The predicted molar refractivity (Wildman–Crippen MR) is 79.8 cm³/mol. The molecule has 0 saturated heterocycles. The van der Waals surface area contributed by atoms with E-state index in [-0.39, 0.29) is 5.91 Å². The number of benzene rings is 2. The lowest BCUT2D eigenvalue weighted by Gasteiger charge is -2.10. The molecule has 0 atom stereocenters. The summed E-state index contributed by atoms with van der Waals surface area (Å²) in [4.78, 5) is 12.3. The Morgan fingerprint density at radius 2 is 1.70 bits per heavy atom. The minimum atomic E-state index is -0.157. The molecule has 0 heterocycles. The topological polar surface area (TPSA) is 52.9 Å². The lowest BCUT2D eigenvalue weighted by atomic mass is 10.1. The molecule has 0 spiro atoms. The molecule has 0 aromatic heterocycles. The first-order chi connectivity index (χ1) is 9.49. The molecule has 2 rings (SSSR count). The SMILES string of the molecule is Cc1cc(C)cc(C(=O)Nc2cc(C#N)ccc2C)c1. The van der Waals surface area contributed by atoms with Crippen LogP contribution in [0.1, 0.15) is 32.6 Å². The molecule has 3 heteroatoms. The van der Waals surface area contributed by atoms with Gasteiger partial charge in [0, 0.05) is 11.3 Å². The van der Waals surface area contributed by atoms with Gasteiger partial charge in [0.1, 0.15) is 0 Å². The van der Waals surface area contributed by atoms with Crippen LogP contribution in [0.4, 0.5) is 5.69 Å². The van der Waals surface area contributed by atoms with Crippen molar-refractivity contribution in [2.24, 2.45) is 0 Å². The van der Waals surface area contributed by atoms with Gasteiger partial charge in [-0.3, -0.25) is 4.79 Å². The Balaban J connectivity index is 2.30. The van der Waals surface area contributed by atoms with Crippen molar-refractivity contribution >= 4 is 11.6 Å². The van der Waals surface area contributed by atoms with Gasteiger partial charge in [-0.05, 0) is 50.6 Å². The Hall–Kier alpha value is -2.60. The standard InChI is InChI=1S/C17H16N2O/c1-11-6-12(2)8-15(7-11)17(20)19-16-9-14(10-18)5-4-13(16)3/h4-9H,1-3H3,(H,19,20). The van der Waals surface area contributed by atoms with Crippen molar-refractivity contribution in [1.82, 2.24) is 0 Å². The van der Waals surface area contributed by atoms with E-state index in [4.69, 9.17) is 5.26 Å². The van der Waals surface area contributed by atoms with Crippen LogP contribution in [0.3, 0.4) is 0 Å². The first kappa shape index (κ1) is 13.8. The van der Waals surface area contributed by atoms with Gasteiger partial charge in [0.2, 0.25) is 0 Å². The highest BCUT2D eigenvalue weighted by Gasteiger charge is 2.09. The Bertz CT molecular complexity index is 691. The van der Waals surface area contributed by atoms with Crippen molar-refractivity contribution in [3.8, 4) is 6.07 Å². The zero-order valence-electron chi connectivity index (χ0n) is 11.8. The van der Waals surface area contributed by atoms with E-state index in [0.717, 1.165) is 16.7 Å². The predicted octanol–water partition coefficient (Wildman–Crippen LogP) is 3.74. The molecule has 0 aliphatic rings. The normalized spacial score (nSPS) is 9.90. The molecule has 0 bridgehead atoms. The Morgan fingerprint density at radius 3 is 2.30 bits per heavy atom. The summed E-state index contributed by atoms with van der Waals surface area (Å²) in [6, 6.07) is 13.1. The third-order valence-electron chi connectivity index (χ3n) is 3.10. The molecule has 20 heavy (non-hydrogen) atoms. The summed E-state index contributed by atoms with van der Waals surface area (Å²) in [5.74, 6) is -0.157. The first-order valence-corrected chi connectivity index (χ1v) is 6.40. The first-order valence-electron chi connectivity index (χ1n) is 6.40. The molecular weight excluding hydrogens is 248 g/mol. The molecule has 0 aliphatic heterocycles. The number of carbonyl (C=O) groups excluding carboxylic acids is 1. The highest BCUT2D eigenvalue weighted by Crippen LogP contribution is 2.18. The van der Waals surface area contributed by atoms with E-state index in [0.29, 0.717) is 16.8 Å². The van der Waals surface area contributed by atoms with Gasteiger partial charge in [-0.25, -0.2) is 0 Å². The van der Waals surface area contributed by atoms with Gasteiger partial charge in [0.25, 0.3) is 5.91 Å². The second kappa shape index (κ2) is 5.58. The fourth-order valence-corrected chi connectivity index (χ4v) is 2.13. The molecule has 100 valence electrons. The van der Waals surface area contributed by atoms with E-state index in [9.17, 15) is 4.79 Å². The summed E-state index contributed by atoms with van der Waals surface area (Å²) in [6.45, 7) is 5.83. The average Bonchev–Trinajstić information content (AvgIpc) is 2.40. The number of carbonyl (C=O) groups is 1. The highest BCUT2D eigenvalue weighted by molar-refractivity contribution is 6.05. The van der Waals surface area contributed by atoms with Crippen LogP contribution in [0.2, 0.25) is 0 Å². The van der Waals surface area contributed by atoms with Gasteiger partial charge in [-0.2, -0.15) is 5.26 Å². The zero-order valence-corrected chi connectivity index (χ0v) is 11.8. The summed E-state index contributed by atoms with van der Waals surface area (Å²) < 4.78 is 0. The van der Waals surface area contributed by atoms with Crippen molar-refractivity contribution in [3.63, 3.8) is 0 Å². The fourth-order valence-electron chi connectivity index (χ4n) is 2.13. The summed E-state index contributed by atoms with van der Waals surface area (Å²) in [7, 11) is 0. The molecule has 0 radical (unpaired) electrons. The van der Waals surface area contributed by atoms with Gasteiger partial charge >= 0.3 is 0 Å². The minimum Gasteiger partial charge on any atom is -0.322 e. The number of nitrogens with zero attached hydrogens (tertiary/aromatic N) is 1. The lowest BCUT2D eigenvalue weighted by Crippen LogP contribution is -2.13. The molecule has 3 nitrogen and oxygen atoms in total. The number of anilines is 1. The smallest absolute Gasteiger partial charge is 0.255 e. The summed E-state index contributed by atoms with van der Waals surface area (Å²) in [5, 5.41) is 11.8. The maximum Gasteiger partial charge on any atom is 0.255 e. The maximum absolute atomic E-state index is 12.3. The number of hydrogen-bond donors (Lipinski definition) is 1. The van der Waals surface area contributed by atoms with Crippen LogP contribution in [-0.4, -0.2) is 5.91 Å². The second-order valence-corrected chi connectivity index (χ2v) is 4.97. The van der Waals surface area contributed by atoms with Crippen molar-refractivity contribution in [3.05, 3.63) is 64.2 Å². The Labute approximate surface area is 118 Å². The molecule has 0 fully saturated rings. The van der Waals surface area contributed by atoms with Gasteiger partial charge in [0.15, 0.2) is 0 Å². The van der Waals surface area contributed by atoms with Gasteiger partial charge in [0.05, 0.1) is 11.6 Å². The van der Waals surface area contributed by atoms with Crippen LogP contribution in [0.15, 0.2) is 36.4 Å². The van der Waals surface area contributed by atoms with E-state index >= 15 is 0 Å². The van der Waals surface area contributed by atoms with Crippen molar-refractivity contribution < 1.29 is 4.79 Å². The van der Waals surface area contributed by atoms with E-state index in [1.807, 2.05) is 45.0 Å². The number of amides is 1. The quantitative estimate of drug-likeness (QED) is 0.898. The number of rotatable bonds is 2. The monoisotopic (exact) mass is 264 g/mol. The molecule has 1 N–H and O–H groups in total. The van der Waals surface area contributed by atoms with Gasteiger partial charge in [-0.15, -0.1) is 0 Å². The van der Waals surface area contributed by atoms with Gasteiger partial charge < -0.3 is 5.32 Å². The maximum atomic E-state index is 12.3. The third-order valence-corrected chi connectivity index (χ3v) is 3.10. The number of nitrogens with one attached hydrogen (secondary N) is 1. The minimum absolute atomic E-state index is 0.157. The van der Waals surface area contributed by atoms with E-state index in [1.165, 1.54) is 0 Å². The van der Waals surface area contributed by atoms with Crippen LogP contribution in [0.5, 0.6) is 0 Å². The molecule has 0 unspecified atom stereocenters. The summed E-state index contributed by atoms with van der Waals surface area (Å²) in [5.41, 5.74) is 4.88. The van der Waals surface area contributed by atoms with E-state index < -0.39 is 0 Å². The Kier molecular flexibility index (Phi) is 3.86. The summed E-state index contributed by atoms with van der Waals surface area (Å²) in [6.07, 6.45) is 0. The zero-order chi connectivity index (χ0) is 14.7. The lowest BCUT2D eigenvalue weighted by molar-refractivity contribution is 0.102. The third kappa shape index (κ3) is 3.04. The molecule has 2 aromatic rings. The van der Waals surface area contributed by atoms with Crippen LogP contribution in [0, 0.1) is 32.1 Å². The molecule has 2 aromatic carbocycles. The second-order valence-electron chi connectivity index (χ2n) is 4.97. The molecular formula is C17H16N2O. The van der Waals surface area contributed by atoms with Crippen LogP contribution in [0.25, 0.3) is 0 Å². The highest BCUT2D eigenvalue weighted by atomic mass is 16.1. The van der Waals surface area contributed by atoms with Crippen molar-refractivity contribution in [1.29, 1.82) is 5.26 Å². The largest absolute Gasteiger partial charge is 0.322 e. The Morgan fingerprint density at radius 1 is 1.05 bits per heavy atom. The summed E-state index contributed by atoms with van der Waals surface area (Å²) >= 11 is 0. The van der Waals surface area contributed by atoms with Crippen molar-refractivity contribution in [2.45, 2.75) is 20.8 Å². The van der Waals surface area contributed by atoms with Gasteiger partial charge in [-0.1, -0.05) is 23.3 Å². The molecule has 0 aliphatic carbocycles.